The Labute approximate surface area is 179 Å². The summed E-state index contributed by atoms with van der Waals surface area (Å²) in [7, 11) is 1.44. The monoisotopic (exact) mass is 422 g/mol. The minimum absolute atomic E-state index is 0.0270. The van der Waals surface area contributed by atoms with Gasteiger partial charge in [0.2, 0.25) is 0 Å². The summed E-state index contributed by atoms with van der Waals surface area (Å²) in [6, 6.07) is 14.1. The van der Waals surface area contributed by atoms with Gasteiger partial charge in [-0.15, -0.1) is 0 Å². The fourth-order valence-electron chi connectivity index (χ4n) is 3.21. The first kappa shape index (κ1) is 22.0. The number of methoxy groups -OCH3 is 1. The third-order valence-electron chi connectivity index (χ3n) is 4.85. The summed E-state index contributed by atoms with van der Waals surface area (Å²) in [5.41, 5.74) is 2.95. The molecular weight excluding hydrogens is 399 g/mol. The molecule has 0 aliphatic rings. The molecular formula is C24H23FN2O4. The molecule has 31 heavy (non-hydrogen) atoms. The van der Waals surface area contributed by atoms with E-state index in [2.05, 4.69) is 10.3 Å². The molecule has 2 aromatic carbocycles. The Hall–Kier alpha value is -3.74. The Balaban J connectivity index is 1.95. The van der Waals surface area contributed by atoms with E-state index in [0.717, 1.165) is 11.1 Å². The van der Waals surface area contributed by atoms with Crippen LogP contribution in [0.4, 0.5) is 4.39 Å². The molecule has 0 fully saturated rings. The van der Waals surface area contributed by atoms with Crippen LogP contribution in [0, 0.1) is 19.7 Å². The number of hydrogen-bond acceptors (Lipinski definition) is 4. The molecule has 6 nitrogen and oxygen atoms in total. The topological polar surface area (TPSA) is 88.5 Å². The first-order valence-electron chi connectivity index (χ1n) is 9.69. The summed E-state index contributed by atoms with van der Waals surface area (Å²) >= 11 is 0. The number of aliphatic carboxylic acids is 1. The van der Waals surface area contributed by atoms with Gasteiger partial charge < -0.3 is 15.2 Å². The number of nitrogens with zero attached hydrogens (tertiary/aromatic N) is 1. The molecule has 1 atom stereocenters. The molecule has 3 rings (SSSR count). The van der Waals surface area contributed by atoms with E-state index in [1.54, 1.807) is 24.3 Å². The number of carbonyl (C=O) groups is 2. The van der Waals surface area contributed by atoms with E-state index in [1.165, 1.54) is 25.3 Å². The summed E-state index contributed by atoms with van der Waals surface area (Å²) in [5, 5.41) is 12.0. The second-order valence-corrected chi connectivity index (χ2v) is 7.27. The summed E-state index contributed by atoms with van der Waals surface area (Å²) in [6.45, 7) is 3.74. The Morgan fingerprint density at radius 1 is 1.06 bits per heavy atom. The van der Waals surface area contributed by atoms with Gasteiger partial charge in [-0.25, -0.2) is 9.37 Å². The Morgan fingerprint density at radius 3 is 2.39 bits per heavy atom. The number of amides is 1. The lowest BCUT2D eigenvalue weighted by molar-refractivity contribution is -0.137. The highest BCUT2D eigenvalue weighted by molar-refractivity contribution is 5.93. The van der Waals surface area contributed by atoms with Crippen molar-refractivity contribution in [1.82, 2.24) is 10.3 Å². The zero-order valence-corrected chi connectivity index (χ0v) is 17.5. The van der Waals surface area contributed by atoms with Gasteiger partial charge in [0.05, 0.1) is 19.6 Å². The number of halogens is 1. The molecule has 7 heteroatoms. The van der Waals surface area contributed by atoms with E-state index in [1.807, 2.05) is 26.0 Å². The molecule has 0 bridgehead atoms. The van der Waals surface area contributed by atoms with Crippen LogP contribution < -0.4 is 10.1 Å². The Bertz CT molecular complexity index is 1110. The molecule has 0 spiro atoms. The van der Waals surface area contributed by atoms with E-state index in [4.69, 9.17) is 4.74 Å². The van der Waals surface area contributed by atoms with Crippen LogP contribution in [0.2, 0.25) is 0 Å². The first-order valence-corrected chi connectivity index (χ1v) is 9.69. The molecule has 1 heterocycles. The van der Waals surface area contributed by atoms with Gasteiger partial charge in [-0.2, -0.15) is 0 Å². The van der Waals surface area contributed by atoms with E-state index in [0.29, 0.717) is 11.3 Å². The lowest BCUT2D eigenvalue weighted by Crippen LogP contribution is -2.31. The molecule has 0 saturated heterocycles. The maximum Gasteiger partial charge on any atom is 0.305 e. The van der Waals surface area contributed by atoms with Crippen LogP contribution in [-0.4, -0.2) is 29.1 Å². The number of aryl methyl sites for hydroxylation is 2. The zero-order valence-electron chi connectivity index (χ0n) is 17.5. The van der Waals surface area contributed by atoms with E-state index in [9.17, 15) is 19.1 Å². The summed E-state index contributed by atoms with van der Waals surface area (Å²) < 4.78 is 19.8. The number of carboxylic acids is 1. The lowest BCUT2D eigenvalue weighted by atomic mass is 10.0. The van der Waals surface area contributed by atoms with Crippen molar-refractivity contribution in [1.29, 1.82) is 0 Å². The molecule has 0 saturated carbocycles. The number of nitrogens with one attached hydrogen (secondary N) is 1. The Kier molecular flexibility index (Phi) is 6.65. The highest BCUT2D eigenvalue weighted by Crippen LogP contribution is 2.31. The van der Waals surface area contributed by atoms with Crippen LogP contribution >= 0.6 is 0 Å². The van der Waals surface area contributed by atoms with Gasteiger partial charge in [-0.05, 0) is 43.7 Å². The molecule has 0 radical (unpaired) electrons. The summed E-state index contributed by atoms with van der Waals surface area (Å²) in [6.07, 6.45) is -0.287. The predicted molar refractivity (Wildman–Crippen MR) is 115 cm³/mol. The minimum atomic E-state index is -1.05. The Morgan fingerprint density at radius 2 is 1.74 bits per heavy atom. The average molecular weight is 422 g/mol. The smallest absolute Gasteiger partial charge is 0.305 e. The third kappa shape index (κ3) is 5.25. The number of hydrogen-bond donors (Lipinski definition) is 2. The van der Waals surface area contributed by atoms with E-state index < -0.39 is 23.7 Å². The predicted octanol–water partition coefficient (Wildman–Crippen LogP) is 4.46. The third-order valence-corrected chi connectivity index (χ3v) is 4.85. The van der Waals surface area contributed by atoms with Crippen LogP contribution in [0.1, 0.15) is 39.6 Å². The highest BCUT2D eigenvalue weighted by Gasteiger charge is 2.21. The lowest BCUT2D eigenvalue weighted by Gasteiger charge is -2.18. The van der Waals surface area contributed by atoms with Crippen molar-refractivity contribution in [3.05, 3.63) is 82.8 Å². The fourth-order valence-corrected chi connectivity index (χ4v) is 3.21. The molecule has 160 valence electrons. The van der Waals surface area contributed by atoms with Crippen molar-refractivity contribution in [2.75, 3.05) is 7.11 Å². The molecule has 0 aliphatic heterocycles. The maximum atomic E-state index is 14.5. The molecule has 0 aliphatic carbocycles. The van der Waals surface area contributed by atoms with Crippen LogP contribution in [-0.2, 0) is 4.79 Å². The van der Waals surface area contributed by atoms with Crippen molar-refractivity contribution in [2.45, 2.75) is 26.3 Å². The van der Waals surface area contributed by atoms with Gasteiger partial charge in [0.1, 0.15) is 23.0 Å². The van der Waals surface area contributed by atoms with Crippen molar-refractivity contribution >= 4 is 11.9 Å². The quantitative estimate of drug-likeness (QED) is 0.587. The number of pyridine rings is 1. The summed E-state index contributed by atoms with van der Waals surface area (Å²) in [5.74, 6) is -1.78. The number of carbonyl (C=O) groups excluding carboxylic acids is 1. The van der Waals surface area contributed by atoms with E-state index >= 15 is 0 Å². The summed E-state index contributed by atoms with van der Waals surface area (Å²) in [4.78, 5) is 28.6. The minimum Gasteiger partial charge on any atom is -0.494 e. The highest BCUT2D eigenvalue weighted by atomic mass is 19.1. The molecule has 0 unspecified atom stereocenters. The zero-order chi connectivity index (χ0) is 22.5. The maximum absolute atomic E-state index is 14.5. The number of carboxylic acid groups (broad SMARTS) is 1. The standard InChI is InChI=1S/C24H23FN2O4/c1-14-4-7-16(8-5-14)20(13-22(28)29)27-24(30)19-10-11-21(31-3)23(26-19)17-12-15(2)6-9-18(17)25/h4-12,20H,13H2,1-3H3,(H,27,30)(H,28,29)/t20-/m0/s1. The normalized spacial score (nSPS) is 11.6. The number of aromatic nitrogens is 1. The van der Waals surface area contributed by atoms with Gasteiger partial charge in [0.15, 0.2) is 0 Å². The molecule has 2 N–H and O–H groups in total. The van der Waals surface area contributed by atoms with Gasteiger partial charge in [0.25, 0.3) is 5.91 Å². The number of benzene rings is 2. The van der Waals surface area contributed by atoms with Crippen LogP contribution in [0.3, 0.4) is 0 Å². The van der Waals surface area contributed by atoms with Gasteiger partial charge in [0, 0.05) is 5.56 Å². The molecule has 1 aromatic heterocycles. The number of ether oxygens (including phenoxy) is 1. The second kappa shape index (κ2) is 9.38. The van der Waals surface area contributed by atoms with Gasteiger partial charge in [-0.3, -0.25) is 9.59 Å². The van der Waals surface area contributed by atoms with Crippen molar-refractivity contribution in [3.63, 3.8) is 0 Å². The second-order valence-electron chi connectivity index (χ2n) is 7.27. The van der Waals surface area contributed by atoms with Gasteiger partial charge in [-0.1, -0.05) is 41.5 Å². The van der Waals surface area contributed by atoms with Crippen molar-refractivity contribution < 1.29 is 23.8 Å². The number of rotatable bonds is 7. The van der Waals surface area contributed by atoms with Crippen LogP contribution in [0.5, 0.6) is 5.75 Å². The average Bonchev–Trinajstić information content (AvgIpc) is 2.74. The van der Waals surface area contributed by atoms with Crippen LogP contribution in [0.15, 0.2) is 54.6 Å². The van der Waals surface area contributed by atoms with E-state index in [-0.39, 0.29) is 23.4 Å². The van der Waals surface area contributed by atoms with Gasteiger partial charge >= 0.3 is 5.97 Å². The SMILES string of the molecule is COc1ccc(C(=O)N[C@@H](CC(=O)O)c2ccc(C)cc2)nc1-c1cc(C)ccc1F. The van der Waals surface area contributed by atoms with Crippen LogP contribution in [0.25, 0.3) is 11.3 Å². The molecule has 3 aromatic rings. The van der Waals surface area contributed by atoms with Crippen molar-refractivity contribution in [3.8, 4) is 17.0 Å². The fraction of sp³-hybridized carbons (Fsp3) is 0.208. The van der Waals surface area contributed by atoms with Crippen molar-refractivity contribution in [2.24, 2.45) is 0 Å². The largest absolute Gasteiger partial charge is 0.494 e. The first-order chi connectivity index (χ1) is 14.8. The molecule has 1 amide bonds.